The second-order valence-electron chi connectivity index (χ2n) is 3.83. The van der Waals surface area contributed by atoms with E-state index >= 15 is 0 Å². The molecule has 1 aliphatic rings. The Kier molecular flexibility index (Phi) is 3.50. The number of rotatable bonds is 4. The average Bonchev–Trinajstić information content (AvgIpc) is 2.26. The van der Waals surface area contributed by atoms with Gasteiger partial charge in [0, 0.05) is 0 Å². The highest BCUT2D eigenvalue weighted by Gasteiger charge is 2.51. The predicted molar refractivity (Wildman–Crippen MR) is 55.9 cm³/mol. The minimum Gasteiger partial charge on any atom is -0.480 e. The highest BCUT2D eigenvalue weighted by Crippen LogP contribution is 2.32. The van der Waals surface area contributed by atoms with E-state index in [0.717, 1.165) is 0 Å². The Morgan fingerprint density at radius 2 is 1.82 bits per heavy atom. The van der Waals surface area contributed by atoms with Crippen molar-refractivity contribution in [3.8, 4) is 0 Å². The number of hydrogen-bond acceptors (Lipinski definition) is 4. The fourth-order valence-corrected chi connectivity index (χ4v) is 1.88. The second-order valence-corrected chi connectivity index (χ2v) is 3.83. The standard InChI is InChI=1S/C10H14N2O5/c1-3-10(4-2)7(15)11-9(17)12(8(10)16)5-6(13)14/h3-5H2,1-2H3,(H,13,14)(H,11,15,17). The molecule has 0 bridgehead atoms. The summed E-state index contributed by atoms with van der Waals surface area (Å²) in [5.74, 6) is -2.69. The first-order valence-electron chi connectivity index (χ1n) is 5.28. The lowest BCUT2D eigenvalue weighted by atomic mass is 9.78. The summed E-state index contributed by atoms with van der Waals surface area (Å²) < 4.78 is 0. The van der Waals surface area contributed by atoms with Gasteiger partial charge in [-0.2, -0.15) is 0 Å². The van der Waals surface area contributed by atoms with Crippen molar-refractivity contribution in [3.63, 3.8) is 0 Å². The second kappa shape index (κ2) is 4.52. The third kappa shape index (κ3) is 2.00. The number of carbonyl (C=O) groups is 4. The Labute approximate surface area is 97.8 Å². The van der Waals surface area contributed by atoms with Gasteiger partial charge in [-0.25, -0.2) is 4.79 Å². The van der Waals surface area contributed by atoms with E-state index < -0.39 is 35.8 Å². The molecule has 0 saturated carbocycles. The molecule has 0 aromatic rings. The van der Waals surface area contributed by atoms with Crippen molar-refractivity contribution in [1.82, 2.24) is 10.2 Å². The number of imide groups is 2. The first-order chi connectivity index (χ1) is 7.89. The summed E-state index contributed by atoms with van der Waals surface area (Å²) in [4.78, 5) is 46.3. The van der Waals surface area contributed by atoms with E-state index in [9.17, 15) is 19.2 Å². The van der Waals surface area contributed by atoms with Gasteiger partial charge >= 0.3 is 12.0 Å². The summed E-state index contributed by atoms with van der Waals surface area (Å²) in [6, 6.07) is -0.972. The fourth-order valence-electron chi connectivity index (χ4n) is 1.88. The summed E-state index contributed by atoms with van der Waals surface area (Å²) in [6.07, 6.45) is 0.440. The van der Waals surface area contributed by atoms with Crippen LogP contribution in [0.1, 0.15) is 26.7 Å². The molecular formula is C10H14N2O5. The van der Waals surface area contributed by atoms with Crippen molar-refractivity contribution in [2.75, 3.05) is 6.54 Å². The maximum atomic E-state index is 12.0. The molecule has 0 atom stereocenters. The van der Waals surface area contributed by atoms with Crippen LogP contribution < -0.4 is 5.32 Å². The van der Waals surface area contributed by atoms with Crippen LogP contribution in [-0.2, 0) is 14.4 Å². The third-order valence-corrected chi connectivity index (χ3v) is 3.06. The molecule has 1 aliphatic heterocycles. The van der Waals surface area contributed by atoms with Crippen molar-refractivity contribution < 1.29 is 24.3 Å². The smallest absolute Gasteiger partial charge is 0.331 e. The van der Waals surface area contributed by atoms with Gasteiger partial charge in [0.25, 0.3) is 0 Å². The van der Waals surface area contributed by atoms with Crippen LogP contribution in [0.5, 0.6) is 0 Å². The van der Waals surface area contributed by atoms with Crippen LogP contribution in [0.3, 0.4) is 0 Å². The van der Waals surface area contributed by atoms with Gasteiger partial charge in [-0.3, -0.25) is 24.6 Å². The summed E-state index contributed by atoms with van der Waals surface area (Å²) in [5.41, 5.74) is -1.33. The zero-order valence-corrected chi connectivity index (χ0v) is 9.65. The van der Waals surface area contributed by atoms with Gasteiger partial charge in [0.15, 0.2) is 0 Å². The largest absolute Gasteiger partial charge is 0.480 e. The molecule has 0 aromatic carbocycles. The molecule has 1 heterocycles. The van der Waals surface area contributed by atoms with Crippen LogP contribution in [0, 0.1) is 5.41 Å². The molecule has 7 nitrogen and oxygen atoms in total. The number of urea groups is 1. The van der Waals surface area contributed by atoms with Crippen LogP contribution in [0.2, 0.25) is 0 Å². The van der Waals surface area contributed by atoms with Gasteiger partial charge in [0.2, 0.25) is 11.8 Å². The van der Waals surface area contributed by atoms with Crippen molar-refractivity contribution in [1.29, 1.82) is 0 Å². The quantitative estimate of drug-likeness (QED) is 0.673. The summed E-state index contributed by atoms with van der Waals surface area (Å²) in [7, 11) is 0. The van der Waals surface area contributed by atoms with E-state index in [-0.39, 0.29) is 12.8 Å². The first kappa shape index (κ1) is 13.1. The third-order valence-electron chi connectivity index (χ3n) is 3.06. The average molecular weight is 242 g/mol. The van der Waals surface area contributed by atoms with Crippen LogP contribution in [0.4, 0.5) is 4.79 Å². The molecule has 0 aromatic heterocycles. The van der Waals surface area contributed by atoms with E-state index in [1.807, 2.05) is 5.32 Å². The Morgan fingerprint density at radius 1 is 1.29 bits per heavy atom. The van der Waals surface area contributed by atoms with Crippen molar-refractivity contribution in [2.45, 2.75) is 26.7 Å². The highest BCUT2D eigenvalue weighted by molar-refractivity contribution is 6.19. The molecule has 0 radical (unpaired) electrons. The number of nitrogens with one attached hydrogen (secondary N) is 1. The van der Waals surface area contributed by atoms with Crippen LogP contribution in [0.25, 0.3) is 0 Å². The van der Waals surface area contributed by atoms with E-state index in [0.29, 0.717) is 4.90 Å². The Hall–Kier alpha value is -1.92. The van der Waals surface area contributed by atoms with Crippen LogP contribution >= 0.6 is 0 Å². The number of barbiturate groups is 1. The number of amides is 4. The van der Waals surface area contributed by atoms with E-state index in [4.69, 9.17) is 5.11 Å². The molecule has 0 spiro atoms. The summed E-state index contributed by atoms with van der Waals surface area (Å²) in [6.45, 7) is 2.56. The van der Waals surface area contributed by atoms with Crippen molar-refractivity contribution in [3.05, 3.63) is 0 Å². The van der Waals surface area contributed by atoms with E-state index in [2.05, 4.69) is 0 Å². The zero-order chi connectivity index (χ0) is 13.2. The maximum absolute atomic E-state index is 12.0. The number of carbonyl (C=O) groups excluding carboxylic acids is 3. The molecule has 1 rings (SSSR count). The zero-order valence-electron chi connectivity index (χ0n) is 9.65. The molecule has 1 saturated heterocycles. The lowest BCUT2D eigenvalue weighted by Gasteiger charge is -2.37. The Morgan fingerprint density at radius 3 is 2.24 bits per heavy atom. The van der Waals surface area contributed by atoms with Gasteiger partial charge in [0.1, 0.15) is 12.0 Å². The normalized spacial score (nSPS) is 19.2. The van der Waals surface area contributed by atoms with Crippen molar-refractivity contribution in [2.24, 2.45) is 5.41 Å². The Balaban J connectivity index is 3.11. The topological polar surface area (TPSA) is 104 Å². The van der Waals surface area contributed by atoms with Crippen molar-refractivity contribution >= 4 is 23.8 Å². The fraction of sp³-hybridized carbons (Fsp3) is 0.600. The van der Waals surface area contributed by atoms with Gasteiger partial charge in [0.05, 0.1) is 0 Å². The molecule has 94 valence electrons. The SMILES string of the molecule is CCC1(CC)C(=O)NC(=O)N(CC(=O)O)C1=O. The molecule has 0 aliphatic carbocycles. The number of nitrogens with zero attached hydrogens (tertiary/aromatic N) is 1. The lowest BCUT2D eigenvalue weighted by molar-refractivity contribution is -0.155. The van der Waals surface area contributed by atoms with Gasteiger partial charge in [-0.05, 0) is 12.8 Å². The van der Waals surface area contributed by atoms with Gasteiger partial charge < -0.3 is 5.11 Å². The molecule has 17 heavy (non-hydrogen) atoms. The summed E-state index contributed by atoms with van der Waals surface area (Å²) >= 11 is 0. The monoisotopic (exact) mass is 242 g/mol. The lowest BCUT2D eigenvalue weighted by Crippen LogP contribution is -2.64. The molecule has 2 N–H and O–H groups in total. The summed E-state index contributed by atoms with van der Waals surface area (Å²) in [5, 5.41) is 10.6. The number of carboxylic acids is 1. The highest BCUT2D eigenvalue weighted by atomic mass is 16.4. The molecule has 0 unspecified atom stereocenters. The number of aliphatic carboxylic acids is 1. The molecule has 1 fully saturated rings. The van der Waals surface area contributed by atoms with Crippen LogP contribution in [0.15, 0.2) is 0 Å². The number of carboxylic acid groups (broad SMARTS) is 1. The molecule has 7 heteroatoms. The molecular weight excluding hydrogens is 228 g/mol. The first-order valence-corrected chi connectivity index (χ1v) is 5.28. The molecule has 4 amide bonds. The van der Waals surface area contributed by atoms with Crippen LogP contribution in [-0.4, -0.2) is 40.4 Å². The Bertz CT molecular complexity index is 386. The van der Waals surface area contributed by atoms with E-state index in [1.165, 1.54) is 0 Å². The van der Waals surface area contributed by atoms with Gasteiger partial charge in [-0.15, -0.1) is 0 Å². The minimum atomic E-state index is -1.33. The maximum Gasteiger partial charge on any atom is 0.331 e. The van der Waals surface area contributed by atoms with Gasteiger partial charge in [-0.1, -0.05) is 13.8 Å². The minimum absolute atomic E-state index is 0.220. The number of hydrogen-bond donors (Lipinski definition) is 2. The van der Waals surface area contributed by atoms with E-state index in [1.54, 1.807) is 13.8 Å². The predicted octanol–water partition coefficient (Wildman–Crippen LogP) is -0.0442.